The van der Waals surface area contributed by atoms with Crippen LogP contribution in [-0.4, -0.2) is 72.8 Å². The van der Waals surface area contributed by atoms with Gasteiger partial charge in [0.05, 0.1) is 33.1 Å². The van der Waals surface area contributed by atoms with Crippen molar-refractivity contribution in [2.24, 2.45) is 0 Å². The maximum atomic E-state index is 10.4. The lowest BCUT2D eigenvalue weighted by Gasteiger charge is -2.40. The molecule has 1 aliphatic rings. The highest BCUT2D eigenvalue weighted by Crippen LogP contribution is 2.09. The fraction of sp³-hybridized carbons (Fsp3) is 0.889. The lowest BCUT2D eigenvalue weighted by atomic mass is 10.2. The van der Waals surface area contributed by atoms with E-state index >= 15 is 0 Å². The summed E-state index contributed by atoms with van der Waals surface area (Å²) in [6.45, 7) is 5.07. The third-order valence-electron chi connectivity index (χ3n) is 2.91. The van der Waals surface area contributed by atoms with Crippen LogP contribution in [0.4, 0.5) is 0 Å². The number of likely N-dealkylation sites (N-methyl/N-ethyl adjacent to an activating group) is 2. The van der Waals surface area contributed by atoms with E-state index in [9.17, 15) is 4.79 Å². The number of piperazine rings is 1. The smallest absolute Gasteiger partial charge is 0.309 e. The second kappa shape index (κ2) is 5.29. The number of rotatable bonds is 3. The summed E-state index contributed by atoms with van der Waals surface area (Å²) in [5.74, 6) is -0.682. The Morgan fingerprint density at radius 3 is 2.36 bits per heavy atom. The molecule has 0 aromatic heterocycles. The van der Waals surface area contributed by atoms with Crippen molar-refractivity contribution in [3.8, 4) is 0 Å². The zero-order chi connectivity index (χ0) is 9.90. The first kappa shape index (κ1) is 13.4. The summed E-state index contributed by atoms with van der Waals surface area (Å²) in [6, 6.07) is 0. The van der Waals surface area contributed by atoms with Gasteiger partial charge in [-0.2, -0.15) is 0 Å². The second-order valence-corrected chi connectivity index (χ2v) is 4.24. The monoisotopic (exact) mass is 204 g/mol. The first-order valence-corrected chi connectivity index (χ1v) is 4.76. The average Bonchev–Trinajstić information content (AvgIpc) is 2.08. The molecule has 5 nitrogen and oxygen atoms in total. The van der Waals surface area contributed by atoms with Gasteiger partial charge in [-0.25, -0.2) is 0 Å². The van der Waals surface area contributed by atoms with Crippen LogP contribution in [0.2, 0.25) is 0 Å². The molecule has 0 amide bonds. The lowest BCUT2D eigenvalue weighted by Crippen LogP contribution is -2.56. The normalized spacial score (nSPS) is 21.3. The average molecular weight is 204 g/mol. The SMILES string of the molecule is CN1CC[N+](C)(CCC(=O)O)CC1.[OH-]. The minimum atomic E-state index is -0.682. The first-order chi connectivity index (χ1) is 6.02. The van der Waals surface area contributed by atoms with E-state index in [2.05, 4.69) is 19.0 Å². The number of aliphatic carboxylic acids is 1. The molecule has 14 heavy (non-hydrogen) atoms. The molecule has 84 valence electrons. The molecular formula is C9H20N2O3. The van der Waals surface area contributed by atoms with E-state index in [1.54, 1.807) is 0 Å². The molecule has 1 saturated heterocycles. The van der Waals surface area contributed by atoms with Crippen molar-refractivity contribution in [3.05, 3.63) is 0 Å². The second-order valence-electron chi connectivity index (χ2n) is 4.24. The van der Waals surface area contributed by atoms with Crippen molar-refractivity contribution in [1.29, 1.82) is 0 Å². The van der Waals surface area contributed by atoms with E-state index in [1.807, 2.05) is 0 Å². The maximum absolute atomic E-state index is 10.4. The van der Waals surface area contributed by atoms with E-state index in [0.717, 1.165) is 37.2 Å². The Kier molecular flexibility index (Phi) is 5.04. The molecule has 1 rings (SSSR count). The third kappa shape index (κ3) is 4.04. The Labute approximate surface area is 84.8 Å². The van der Waals surface area contributed by atoms with Gasteiger partial charge in [0.25, 0.3) is 0 Å². The largest absolute Gasteiger partial charge is 0.870 e. The van der Waals surface area contributed by atoms with Crippen molar-refractivity contribution in [1.82, 2.24) is 4.90 Å². The van der Waals surface area contributed by atoms with E-state index in [-0.39, 0.29) is 5.48 Å². The van der Waals surface area contributed by atoms with Crippen LogP contribution >= 0.6 is 0 Å². The number of nitrogens with zero attached hydrogens (tertiary/aromatic N) is 2. The van der Waals surface area contributed by atoms with Crippen LogP contribution in [0.5, 0.6) is 0 Å². The van der Waals surface area contributed by atoms with Crippen LogP contribution < -0.4 is 0 Å². The van der Waals surface area contributed by atoms with Crippen molar-refractivity contribution in [2.45, 2.75) is 6.42 Å². The molecule has 0 spiro atoms. The Morgan fingerprint density at radius 2 is 1.93 bits per heavy atom. The third-order valence-corrected chi connectivity index (χ3v) is 2.91. The summed E-state index contributed by atoms with van der Waals surface area (Å²) >= 11 is 0. The number of quaternary nitrogens is 1. The van der Waals surface area contributed by atoms with Crippen molar-refractivity contribution >= 4 is 5.97 Å². The number of carbonyl (C=O) groups is 1. The highest BCUT2D eigenvalue weighted by Gasteiger charge is 2.27. The van der Waals surface area contributed by atoms with Gasteiger partial charge in [-0.3, -0.25) is 9.69 Å². The molecule has 0 bridgehead atoms. The molecule has 2 N–H and O–H groups in total. The molecule has 1 fully saturated rings. The summed E-state index contributed by atoms with van der Waals surface area (Å²) in [5, 5.41) is 8.59. The zero-order valence-corrected chi connectivity index (χ0v) is 8.94. The van der Waals surface area contributed by atoms with Gasteiger partial charge in [-0.15, -0.1) is 0 Å². The summed E-state index contributed by atoms with van der Waals surface area (Å²) < 4.78 is 0.913. The predicted octanol–water partition coefficient (Wildman–Crippen LogP) is -0.324. The number of carboxylic acids is 1. The van der Waals surface area contributed by atoms with Crippen molar-refractivity contribution in [2.75, 3.05) is 46.8 Å². The molecule has 5 heteroatoms. The van der Waals surface area contributed by atoms with Crippen molar-refractivity contribution < 1.29 is 19.9 Å². The molecule has 1 heterocycles. The van der Waals surface area contributed by atoms with Gasteiger partial charge < -0.3 is 15.1 Å². The molecule has 1 aliphatic heterocycles. The standard InChI is InChI=1S/C9H18N2O2.H2O/c1-10-4-7-11(2,8-5-10)6-3-9(12)13;/h3-8H2,1-2H3;1H2. The predicted molar refractivity (Wildman–Crippen MR) is 52.5 cm³/mol. The molecule has 0 radical (unpaired) electrons. The Morgan fingerprint density at radius 1 is 1.43 bits per heavy atom. The van der Waals surface area contributed by atoms with Gasteiger partial charge in [0.2, 0.25) is 0 Å². The van der Waals surface area contributed by atoms with Gasteiger partial charge in [-0.1, -0.05) is 0 Å². The Hall–Kier alpha value is -0.650. The lowest BCUT2D eigenvalue weighted by molar-refractivity contribution is -0.913. The summed E-state index contributed by atoms with van der Waals surface area (Å²) in [7, 11) is 4.26. The summed E-state index contributed by atoms with van der Waals surface area (Å²) in [6.07, 6.45) is 0.292. The number of hydrogen-bond acceptors (Lipinski definition) is 3. The summed E-state index contributed by atoms with van der Waals surface area (Å²) in [5.41, 5.74) is 0. The van der Waals surface area contributed by atoms with Crippen LogP contribution in [0.3, 0.4) is 0 Å². The fourth-order valence-electron chi connectivity index (χ4n) is 1.64. The minimum absolute atomic E-state index is 0. The molecule has 0 atom stereocenters. The molecule has 0 saturated carbocycles. The van der Waals surface area contributed by atoms with Gasteiger partial charge >= 0.3 is 5.97 Å². The number of hydrogen-bond donors (Lipinski definition) is 1. The van der Waals surface area contributed by atoms with Crippen LogP contribution in [0.1, 0.15) is 6.42 Å². The van der Waals surface area contributed by atoms with Gasteiger partial charge in [-0.05, 0) is 7.05 Å². The van der Waals surface area contributed by atoms with E-state index in [1.165, 1.54) is 0 Å². The zero-order valence-electron chi connectivity index (χ0n) is 8.94. The van der Waals surface area contributed by atoms with Crippen LogP contribution in [0.15, 0.2) is 0 Å². The quantitative estimate of drug-likeness (QED) is 0.639. The van der Waals surface area contributed by atoms with E-state index in [4.69, 9.17) is 5.11 Å². The Bertz CT molecular complexity index is 188. The topological polar surface area (TPSA) is 70.5 Å². The molecule has 0 aliphatic carbocycles. The molecule has 0 aromatic rings. The van der Waals surface area contributed by atoms with Gasteiger partial charge in [0.1, 0.15) is 0 Å². The molecule has 0 unspecified atom stereocenters. The van der Waals surface area contributed by atoms with Crippen LogP contribution in [-0.2, 0) is 4.79 Å². The van der Waals surface area contributed by atoms with Crippen molar-refractivity contribution in [3.63, 3.8) is 0 Å². The van der Waals surface area contributed by atoms with Crippen LogP contribution in [0, 0.1) is 0 Å². The van der Waals surface area contributed by atoms with Gasteiger partial charge in [0.15, 0.2) is 0 Å². The van der Waals surface area contributed by atoms with Crippen LogP contribution in [0.25, 0.3) is 0 Å². The minimum Gasteiger partial charge on any atom is -0.870 e. The first-order valence-electron chi connectivity index (χ1n) is 4.76. The Balaban J connectivity index is 0.00000169. The molecule has 0 aromatic carbocycles. The van der Waals surface area contributed by atoms with E-state index in [0.29, 0.717) is 6.42 Å². The highest BCUT2D eigenvalue weighted by atomic mass is 16.4. The van der Waals surface area contributed by atoms with E-state index < -0.39 is 5.97 Å². The fourth-order valence-corrected chi connectivity index (χ4v) is 1.64. The number of carboxylic acid groups (broad SMARTS) is 1. The maximum Gasteiger partial charge on any atom is 0.309 e. The summed E-state index contributed by atoms with van der Waals surface area (Å²) in [4.78, 5) is 12.7. The highest BCUT2D eigenvalue weighted by molar-refractivity contribution is 5.66. The molecular weight excluding hydrogens is 184 g/mol. The van der Waals surface area contributed by atoms with Gasteiger partial charge in [0, 0.05) is 13.1 Å².